The van der Waals surface area contributed by atoms with E-state index in [1.54, 1.807) is 18.2 Å². The standard InChI is InChI=1S/C15H12Cl2FNO2/c1-21-14-3-2-11(16)4-10(14)6-12(20)5-9-7-15(17)19-8-13(9)18/h2-4,7-8H,5-6H2,1H3. The third-order valence-electron chi connectivity index (χ3n) is 2.92. The van der Waals surface area contributed by atoms with E-state index in [0.717, 1.165) is 6.20 Å². The van der Waals surface area contributed by atoms with Gasteiger partial charge < -0.3 is 4.74 Å². The van der Waals surface area contributed by atoms with Gasteiger partial charge in [-0.2, -0.15) is 0 Å². The van der Waals surface area contributed by atoms with Crippen LogP contribution in [0.2, 0.25) is 10.2 Å². The van der Waals surface area contributed by atoms with Gasteiger partial charge in [-0.05, 0) is 29.8 Å². The van der Waals surface area contributed by atoms with E-state index in [1.807, 2.05) is 0 Å². The molecule has 0 N–H and O–H groups in total. The molecule has 110 valence electrons. The molecule has 0 atom stereocenters. The number of halogens is 3. The molecule has 0 radical (unpaired) electrons. The number of aromatic nitrogens is 1. The van der Waals surface area contributed by atoms with Crippen molar-refractivity contribution < 1.29 is 13.9 Å². The van der Waals surface area contributed by atoms with Gasteiger partial charge in [-0.25, -0.2) is 9.37 Å². The molecule has 0 aliphatic heterocycles. The minimum absolute atomic E-state index is 0.0657. The average Bonchev–Trinajstić information content (AvgIpc) is 2.43. The molecule has 0 amide bonds. The Balaban J connectivity index is 2.15. The van der Waals surface area contributed by atoms with Crippen molar-refractivity contribution in [2.24, 2.45) is 0 Å². The highest BCUT2D eigenvalue weighted by molar-refractivity contribution is 6.30. The van der Waals surface area contributed by atoms with Gasteiger partial charge in [-0.1, -0.05) is 23.2 Å². The van der Waals surface area contributed by atoms with Crippen molar-refractivity contribution in [2.75, 3.05) is 7.11 Å². The summed E-state index contributed by atoms with van der Waals surface area (Å²) in [5.74, 6) is -0.150. The highest BCUT2D eigenvalue weighted by Crippen LogP contribution is 2.24. The maximum atomic E-state index is 13.6. The number of benzene rings is 1. The lowest BCUT2D eigenvalue weighted by atomic mass is 10.0. The zero-order chi connectivity index (χ0) is 15.4. The molecule has 0 saturated carbocycles. The van der Waals surface area contributed by atoms with Gasteiger partial charge in [0.2, 0.25) is 0 Å². The van der Waals surface area contributed by atoms with Crippen molar-refractivity contribution in [3.63, 3.8) is 0 Å². The number of rotatable bonds is 5. The van der Waals surface area contributed by atoms with E-state index in [-0.39, 0.29) is 29.3 Å². The molecule has 0 fully saturated rings. The smallest absolute Gasteiger partial charge is 0.145 e. The Labute approximate surface area is 131 Å². The van der Waals surface area contributed by atoms with Crippen LogP contribution in [0.3, 0.4) is 0 Å². The Morgan fingerprint density at radius 2 is 1.95 bits per heavy atom. The van der Waals surface area contributed by atoms with E-state index >= 15 is 0 Å². The van der Waals surface area contributed by atoms with Crippen molar-refractivity contribution in [1.82, 2.24) is 4.98 Å². The summed E-state index contributed by atoms with van der Waals surface area (Å²) in [6.45, 7) is 0. The van der Waals surface area contributed by atoms with Gasteiger partial charge in [0.25, 0.3) is 0 Å². The summed E-state index contributed by atoms with van der Waals surface area (Å²) in [7, 11) is 1.51. The first-order valence-electron chi connectivity index (χ1n) is 6.13. The molecule has 2 rings (SSSR count). The molecule has 21 heavy (non-hydrogen) atoms. The Morgan fingerprint density at radius 1 is 1.24 bits per heavy atom. The minimum atomic E-state index is -0.550. The zero-order valence-corrected chi connectivity index (χ0v) is 12.7. The topological polar surface area (TPSA) is 39.2 Å². The molecular formula is C15H12Cl2FNO2. The van der Waals surface area contributed by atoms with E-state index in [0.29, 0.717) is 16.3 Å². The second-order valence-corrected chi connectivity index (χ2v) is 5.27. The Bertz CT molecular complexity index is 677. The van der Waals surface area contributed by atoms with Crippen molar-refractivity contribution in [3.8, 4) is 5.75 Å². The number of Topliss-reactive ketones (excluding diaryl/α,β-unsaturated/α-hetero) is 1. The van der Waals surface area contributed by atoms with Gasteiger partial charge in [-0.3, -0.25) is 4.79 Å². The van der Waals surface area contributed by atoms with Crippen LogP contribution in [0.5, 0.6) is 5.75 Å². The van der Waals surface area contributed by atoms with Crippen LogP contribution >= 0.6 is 23.2 Å². The molecule has 0 bridgehead atoms. The number of pyridine rings is 1. The van der Waals surface area contributed by atoms with Gasteiger partial charge >= 0.3 is 0 Å². The van der Waals surface area contributed by atoms with Crippen LogP contribution in [0.25, 0.3) is 0 Å². The van der Waals surface area contributed by atoms with Gasteiger partial charge in [-0.15, -0.1) is 0 Å². The van der Waals surface area contributed by atoms with Crippen molar-refractivity contribution >= 4 is 29.0 Å². The first-order chi connectivity index (χ1) is 9.99. The maximum absolute atomic E-state index is 13.6. The second kappa shape index (κ2) is 6.87. The number of methoxy groups -OCH3 is 1. The van der Waals surface area contributed by atoms with Crippen LogP contribution in [0.15, 0.2) is 30.5 Å². The number of hydrogen-bond acceptors (Lipinski definition) is 3. The lowest BCUT2D eigenvalue weighted by molar-refractivity contribution is -0.117. The van der Waals surface area contributed by atoms with Gasteiger partial charge in [0, 0.05) is 23.4 Å². The fraction of sp³-hybridized carbons (Fsp3) is 0.200. The Hall–Kier alpha value is -1.65. The van der Waals surface area contributed by atoms with Crippen molar-refractivity contribution in [2.45, 2.75) is 12.8 Å². The molecule has 1 heterocycles. The Kier molecular flexibility index (Phi) is 5.15. The number of carbonyl (C=O) groups excluding carboxylic acids is 1. The number of hydrogen-bond donors (Lipinski definition) is 0. The maximum Gasteiger partial charge on any atom is 0.145 e. The fourth-order valence-corrected chi connectivity index (χ4v) is 2.33. The monoisotopic (exact) mass is 327 g/mol. The lowest BCUT2D eigenvalue weighted by Gasteiger charge is -2.09. The number of nitrogens with zero attached hydrogens (tertiary/aromatic N) is 1. The number of carbonyl (C=O) groups is 1. The average molecular weight is 328 g/mol. The number of ether oxygens (including phenoxy) is 1. The molecule has 0 spiro atoms. The molecule has 1 aromatic heterocycles. The van der Waals surface area contributed by atoms with Crippen LogP contribution in [0.4, 0.5) is 4.39 Å². The molecule has 0 aliphatic rings. The molecule has 0 saturated heterocycles. The zero-order valence-electron chi connectivity index (χ0n) is 11.2. The summed E-state index contributed by atoms with van der Waals surface area (Å²) < 4.78 is 18.7. The normalized spacial score (nSPS) is 10.5. The molecule has 2 aromatic rings. The summed E-state index contributed by atoms with van der Waals surface area (Å²) in [6, 6.07) is 6.38. The fourth-order valence-electron chi connectivity index (χ4n) is 1.96. The van der Waals surface area contributed by atoms with Crippen LogP contribution in [-0.2, 0) is 17.6 Å². The first kappa shape index (κ1) is 15.7. The highest BCUT2D eigenvalue weighted by Gasteiger charge is 2.13. The summed E-state index contributed by atoms with van der Waals surface area (Å²) >= 11 is 11.6. The van der Waals surface area contributed by atoms with Crippen molar-refractivity contribution in [1.29, 1.82) is 0 Å². The summed E-state index contributed by atoms with van der Waals surface area (Å²) in [6.07, 6.45) is 1.04. The Morgan fingerprint density at radius 3 is 2.67 bits per heavy atom. The van der Waals surface area contributed by atoms with Crippen molar-refractivity contribution in [3.05, 3.63) is 57.6 Å². The first-order valence-corrected chi connectivity index (χ1v) is 6.89. The van der Waals surface area contributed by atoms with E-state index in [1.165, 1.54) is 13.2 Å². The molecule has 0 aliphatic carbocycles. The molecular weight excluding hydrogens is 316 g/mol. The molecule has 0 unspecified atom stereocenters. The largest absolute Gasteiger partial charge is 0.496 e. The predicted molar refractivity (Wildman–Crippen MR) is 79.6 cm³/mol. The van der Waals surface area contributed by atoms with E-state index in [9.17, 15) is 9.18 Å². The quantitative estimate of drug-likeness (QED) is 0.782. The highest BCUT2D eigenvalue weighted by atomic mass is 35.5. The van der Waals surface area contributed by atoms with Gasteiger partial charge in [0.05, 0.1) is 13.3 Å². The van der Waals surface area contributed by atoms with Crippen LogP contribution < -0.4 is 4.74 Å². The third kappa shape index (κ3) is 4.16. The molecule has 6 heteroatoms. The second-order valence-electron chi connectivity index (χ2n) is 4.45. The SMILES string of the molecule is COc1ccc(Cl)cc1CC(=O)Cc1cc(Cl)ncc1F. The summed E-state index contributed by atoms with van der Waals surface area (Å²) in [5.41, 5.74) is 0.886. The van der Waals surface area contributed by atoms with E-state index < -0.39 is 5.82 Å². The molecule has 3 nitrogen and oxygen atoms in total. The van der Waals surface area contributed by atoms with Crippen LogP contribution in [-0.4, -0.2) is 17.9 Å². The summed E-state index contributed by atoms with van der Waals surface area (Å²) in [5, 5.41) is 0.663. The van der Waals surface area contributed by atoms with Crippen LogP contribution in [0.1, 0.15) is 11.1 Å². The molecule has 1 aromatic carbocycles. The summed E-state index contributed by atoms with van der Waals surface area (Å²) in [4.78, 5) is 15.7. The third-order valence-corrected chi connectivity index (χ3v) is 3.36. The van der Waals surface area contributed by atoms with Gasteiger partial charge in [0.15, 0.2) is 0 Å². The number of ketones is 1. The predicted octanol–water partition coefficient (Wildman–Crippen LogP) is 3.89. The van der Waals surface area contributed by atoms with Crippen LogP contribution in [0, 0.1) is 5.82 Å². The van der Waals surface area contributed by atoms with E-state index in [4.69, 9.17) is 27.9 Å². The minimum Gasteiger partial charge on any atom is -0.496 e. The lowest BCUT2D eigenvalue weighted by Crippen LogP contribution is -2.09. The van der Waals surface area contributed by atoms with E-state index in [2.05, 4.69) is 4.98 Å². The van der Waals surface area contributed by atoms with Gasteiger partial charge in [0.1, 0.15) is 22.5 Å².